The Balaban J connectivity index is 0.000000924. The maximum Gasteiger partial charge on any atom is 0.266 e. The molecule has 0 spiro atoms. The van der Waals surface area contributed by atoms with Crippen LogP contribution in [0.1, 0.15) is 47.4 Å². The van der Waals surface area contributed by atoms with E-state index in [1.165, 1.54) is 25.2 Å². The minimum absolute atomic E-state index is 0.0763. The summed E-state index contributed by atoms with van der Waals surface area (Å²) in [5.41, 5.74) is -0.0118. The summed E-state index contributed by atoms with van der Waals surface area (Å²) in [6, 6.07) is 3.20. The van der Waals surface area contributed by atoms with Crippen molar-refractivity contribution in [2.45, 2.75) is 32.7 Å². The lowest BCUT2D eigenvalue weighted by Crippen LogP contribution is -2.54. The van der Waals surface area contributed by atoms with Crippen molar-refractivity contribution in [3.63, 3.8) is 0 Å². The van der Waals surface area contributed by atoms with Gasteiger partial charge in [0, 0.05) is 13.5 Å². The van der Waals surface area contributed by atoms with Crippen molar-refractivity contribution >= 4 is 23.6 Å². The van der Waals surface area contributed by atoms with E-state index in [1.807, 2.05) is 13.8 Å². The highest BCUT2D eigenvalue weighted by atomic mass is 16.3. The van der Waals surface area contributed by atoms with Crippen molar-refractivity contribution in [3.8, 4) is 5.75 Å². The number of carbonyl (C=O) groups excluding carboxylic acids is 4. The number of likely N-dealkylation sites (tertiary alicyclic amines) is 1. The first-order valence-electron chi connectivity index (χ1n) is 7.43. The Labute approximate surface area is 133 Å². The number of hydrogen-bond donors (Lipinski definition) is 1. The van der Waals surface area contributed by atoms with Gasteiger partial charge in [-0.25, -0.2) is 0 Å². The number of amides is 4. The molecule has 0 saturated carbocycles. The molecule has 0 radical (unpaired) electrons. The van der Waals surface area contributed by atoms with Crippen molar-refractivity contribution in [2.75, 3.05) is 7.05 Å². The van der Waals surface area contributed by atoms with Gasteiger partial charge < -0.3 is 5.11 Å². The number of likely N-dealkylation sites (N-methyl/N-ethyl adjacent to an activating group) is 1. The van der Waals surface area contributed by atoms with Crippen LogP contribution in [0, 0.1) is 0 Å². The molecule has 1 unspecified atom stereocenters. The van der Waals surface area contributed by atoms with Crippen molar-refractivity contribution in [1.29, 1.82) is 0 Å². The molecule has 0 bridgehead atoms. The van der Waals surface area contributed by atoms with E-state index in [4.69, 9.17) is 0 Å². The van der Waals surface area contributed by atoms with Crippen LogP contribution in [-0.4, -0.2) is 51.6 Å². The molecule has 23 heavy (non-hydrogen) atoms. The highest BCUT2D eigenvalue weighted by Gasteiger charge is 2.47. The molecule has 0 aliphatic carbocycles. The minimum atomic E-state index is -1.00. The fourth-order valence-electron chi connectivity index (χ4n) is 2.71. The first kappa shape index (κ1) is 16.7. The average Bonchev–Trinajstić information content (AvgIpc) is 2.80. The molecule has 1 N–H and O–H groups in total. The number of carbonyl (C=O) groups is 4. The van der Waals surface area contributed by atoms with E-state index in [1.54, 1.807) is 0 Å². The Morgan fingerprint density at radius 2 is 1.74 bits per heavy atom. The maximum absolute atomic E-state index is 12.4. The zero-order valence-corrected chi connectivity index (χ0v) is 13.2. The monoisotopic (exact) mass is 318 g/mol. The zero-order chi connectivity index (χ0) is 17.3. The summed E-state index contributed by atoms with van der Waals surface area (Å²) < 4.78 is 0. The quantitative estimate of drug-likeness (QED) is 0.784. The molecule has 7 nitrogen and oxygen atoms in total. The number of benzene rings is 1. The van der Waals surface area contributed by atoms with E-state index in [-0.39, 0.29) is 35.6 Å². The van der Waals surface area contributed by atoms with Gasteiger partial charge in [0.1, 0.15) is 11.8 Å². The summed E-state index contributed by atoms with van der Waals surface area (Å²) in [5, 5.41) is 9.75. The number of piperidine rings is 1. The van der Waals surface area contributed by atoms with Crippen molar-refractivity contribution in [1.82, 2.24) is 9.80 Å². The van der Waals surface area contributed by atoms with Crippen LogP contribution in [0.25, 0.3) is 0 Å². The fraction of sp³-hybridized carbons (Fsp3) is 0.375. The van der Waals surface area contributed by atoms with Crippen LogP contribution >= 0.6 is 0 Å². The number of hydrogen-bond acceptors (Lipinski definition) is 5. The summed E-state index contributed by atoms with van der Waals surface area (Å²) in [5.74, 6) is -2.53. The molecule has 1 aromatic carbocycles. The van der Waals surface area contributed by atoms with E-state index >= 15 is 0 Å². The topological polar surface area (TPSA) is 95.0 Å². The second-order valence-corrected chi connectivity index (χ2v) is 5.03. The lowest BCUT2D eigenvalue weighted by atomic mass is 10.0. The van der Waals surface area contributed by atoms with Crippen LogP contribution in [0.15, 0.2) is 18.2 Å². The van der Waals surface area contributed by atoms with E-state index < -0.39 is 23.8 Å². The van der Waals surface area contributed by atoms with Gasteiger partial charge in [-0.1, -0.05) is 19.9 Å². The van der Waals surface area contributed by atoms with Crippen LogP contribution in [-0.2, 0) is 9.59 Å². The number of imide groups is 2. The van der Waals surface area contributed by atoms with Crippen molar-refractivity contribution in [3.05, 3.63) is 29.3 Å². The molecule has 3 rings (SSSR count). The third-order valence-electron chi connectivity index (χ3n) is 3.86. The Bertz CT molecular complexity index is 698. The van der Waals surface area contributed by atoms with E-state index in [0.29, 0.717) is 0 Å². The van der Waals surface area contributed by atoms with Crippen LogP contribution in [0.3, 0.4) is 0 Å². The molecule has 1 fully saturated rings. The van der Waals surface area contributed by atoms with Gasteiger partial charge in [-0.15, -0.1) is 0 Å². The summed E-state index contributed by atoms with van der Waals surface area (Å²) in [6.07, 6.45) is 0.195. The van der Waals surface area contributed by atoms with Gasteiger partial charge >= 0.3 is 0 Å². The predicted octanol–water partition coefficient (Wildman–Crippen LogP) is 1.16. The molecule has 2 aliphatic heterocycles. The van der Waals surface area contributed by atoms with Crippen LogP contribution in [0.2, 0.25) is 0 Å². The van der Waals surface area contributed by atoms with Gasteiger partial charge in [-0.3, -0.25) is 29.0 Å². The average molecular weight is 318 g/mol. The maximum atomic E-state index is 12.4. The number of rotatable bonds is 1. The smallest absolute Gasteiger partial charge is 0.266 e. The molecule has 7 heteroatoms. The Morgan fingerprint density at radius 3 is 2.35 bits per heavy atom. The van der Waals surface area contributed by atoms with E-state index in [9.17, 15) is 24.3 Å². The lowest BCUT2D eigenvalue weighted by molar-refractivity contribution is -0.149. The molecule has 4 amide bonds. The third kappa shape index (κ3) is 2.48. The first-order valence-corrected chi connectivity index (χ1v) is 7.43. The fourth-order valence-corrected chi connectivity index (χ4v) is 2.71. The Hall–Kier alpha value is -2.70. The lowest BCUT2D eigenvalue weighted by Gasteiger charge is -2.32. The highest BCUT2D eigenvalue weighted by Crippen LogP contribution is 2.33. The summed E-state index contributed by atoms with van der Waals surface area (Å²) in [7, 11) is 1.33. The summed E-state index contributed by atoms with van der Waals surface area (Å²) >= 11 is 0. The third-order valence-corrected chi connectivity index (χ3v) is 3.86. The van der Waals surface area contributed by atoms with Crippen LogP contribution in [0.4, 0.5) is 0 Å². The SMILES string of the molecule is CC.CN1C(=O)CCC(N2C(=O)c3cccc(O)c3C2=O)C1=O. The minimum Gasteiger partial charge on any atom is -0.507 e. The van der Waals surface area contributed by atoms with Gasteiger partial charge in [0.25, 0.3) is 17.7 Å². The molecule has 0 aromatic heterocycles. The van der Waals surface area contributed by atoms with Crippen molar-refractivity contribution < 1.29 is 24.3 Å². The number of aromatic hydroxyl groups is 1. The largest absolute Gasteiger partial charge is 0.507 e. The number of phenolic OH excluding ortho intramolecular Hbond substituents is 1. The highest BCUT2D eigenvalue weighted by molar-refractivity contribution is 6.24. The molecular weight excluding hydrogens is 300 g/mol. The van der Waals surface area contributed by atoms with E-state index in [2.05, 4.69) is 0 Å². The Kier molecular flexibility index (Phi) is 4.49. The molecule has 122 valence electrons. The second kappa shape index (κ2) is 6.20. The number of nitrogens with zero attached hydrogens (tertiary/aromatic N) is 2. The van der Waals surface area contributed by atoms with Crippen LogP contribution in [0.5, 0.6) is 5.75 Å². The molecule has 1 aromatic rings. The number of fused-ring (bicyclic) bond motifs is 1. The molecular formula is C16H18N2O5. The van der Waals surface area contributed by atoms with Crippen molar-refractivity contribution in [2.24, 2.45) is 0 Å². The standard InChI is InChI=1S/C14H12N2O5.C2H6/c1-15-10(18)6-5-8(13(15)20)16-12(19)7-3-2-4-9(17)11(7)14(16)21;1-2/h2-4,8,17H,5-6H2,1H3;1-2H3. The van der Waals surface area contributed by atoms with Gasteiger partial charge in [-0.05, 0) is 18.6 Å². The summed E-state index contributed by atoms with van der Waals surface area (Å²) in [6.45, 7) is 4.00. The Morgan fingerprint density at radius 1 is 1.09 bits per heavy atom. The van der Waals surface area contributed by atoms with Gasteiger partial charge in [0.2, 0.25) is 5.91 Å². The number of phenols is 1. The predicted molar refractivity (Wildman–Crippen MR) is 80.8 cm³/mol. The van der Waals surface area contributed by atoms with Crippen LogP contribution < -0.4 is 0 Å². The van der Waals surface area contributed by atoms with Gasteiger partial charge in [-0.2, -0.15) is 0 Å². The second-order valence-electron chi connectivity index (χ2n) is 5.03. The molecule has 1 atom stereocenters. The zero-order valence-electron chi connectivity index (χ0n) is 13.2. The first-order chi connectivity index (χ1) is 10.9. The van der Waals surface area contributed by atoms with Gasteiger partial charge in [0.15, 0.2) is 0 Å². The molecule has 1 saturated heterocycles. The molecule has 2 heterocycles. The molecule has 2 aliphatic rings. The van der Waals surface area contributed by atoms with E-state index in [0.717, 1.165) is 9.80 Å². The normalized spacial score (nSPS) is 20.4. The summed E-state index contributed by atoms with van der Waals surface area (Å²) in [4.78, 5) is 50.1. The van der Waals surface area contributed by atoms with Gasteiger partial charge in [0.05, 0.1) is 11.1 Å².